The van der Waals surface area contributed by atoms with E-state index < -0.39 is 6.10 Å². The molecule has 0 fully saturated rings. The summed E-state index contributed by atoms with van der Waals surface area (Å²) in [5.74, 6) is 1.54. The number of amides is 1. The Kier molecular flexibility index (Phi) is 6.90. The van der Waals surface area contributed by atoms with Crippen LogP contribution >= 0.6 is 0 Å². The van der Waals surface area contributed by atoms with Crippen LogP contribution in [0.4, 0.5) is 0 Å². The van der Waals surface area contributed by atoms with Crippen molar-refractivity contribution in [3.05, 3.63) is 72.3 Å². The van der Waals surface area contributed by atoms with Crippen LogP contribution in [0.15, 0.2) is 66.7 Å². The van der Waals surface area contributed by atoms with E-state index in [4.69, 9.17) is 9.47 Å². The Hall–Kier alpha value is -3.01. The maximum Gasteiger partial charge on any atom is 0.261 e. The molecular weight excluding hydrogens is 350 g/mol. The van der Waals surface area contributed by atoms with Crippen molar-refractivity contribution in [1.82, 2.24) is 5.32 Å². The van der Waals surface area contributed by atoms with E-state index in [0.29, 0.717) is 13.0 Å². The van der Waals surface area contributed by atoms with Crippen LogP contribution in [0.1, 0.15) is 25.3 Å². The standard InChI is InChI=1S/C24H27NO3/c1-3-22(28-23-15-7-12-19-11-4-5-14-21(19)23)24(26)25-16-8-10-18-9-6-13-20(17-18)27-2/h4-7,9,11-15,17,22H,3,8,10,16H2,1-2H3,(H,25,26). The molecule has 28 heavy (non-hydrogen) atoms. The second-order valence-corrected chi connectivity index (χ2v) is 6.74. The van der Waals surface area contributed by atoms with E-state index in [9.17, 15) is 4.79 Å². The van der Waals surface area contributed by atoms with E-state index in [1.807, 2.05) is 67.6 Å². The number of carbonyl (C=O) groups excluding carboxylic acids is 1. The van der Waals surface area contributed by atoms with E-state index in [1.54, 1.807) is 7.11 Å². The molecule has 0 saturated carbocycles. The van der Waals surface area contributed by atoms with Crippen molar-refractivity contribution < 1.29 is 14.3 Å². The summed E-state index contributed by atoms with van der Waals surface area (Å²) >= 11 is 0. The highest BCUT2D eigenvalue weighted by molar-refractivity contribution is 5.89. The number of hydrogen-bond acceptors (Lipinski definition) is 3. The van der Waals surface area contributed by atoms with Crippen LogP contribution in [0.25, 0.3) is 10.8 Å². The van der Waals surface area contributed by atoms with Crippen molar-refractivity contribution in [2.45, 2.75) is 32.3 Å². The molecule has 1 N–H and O–H groups in total. The summed E-state index contributed by atoms with van der Waals surface area (Å²) in [6, 6.07) is 22.0. The molecule has 3 rings (SSSR count). The molecule has 3 aromatic carbocycles. The fourth-order valence-electron chi connectivity index (χ4n) is 3.22. The van der Waals surface area contributed by atoms with Crippen molar-refractivity contribution in [3.63, 3.8) is 0 Å². The fraction of sp³-hybridized carbons (Fsp3) is 0.292. The summed E-state index contributed by atoms with van der Waals surface area (Å²) in [5.41, 5.74) is 1.20. The first kappa shape index (κ1) is 19.7. The number of fused-ring (bicyclic) bond motifs is 1. The van der Waals surface area contributed by atoms with E-state index in [-0.39, 0.29) is 5.91 Å². The molecule has 0 bridgehead atoms. The van der Waals surface area contributed by atoms with Gasteiger partial charge in [0.2, 0.25) is 0 Å². The third kappa shape index (κ3) is 5.03. The highest BCUT2D eigenvalue weighted by atomic mass is 16.5. The van der Waals surface area contributed by atoms with Crippen molar-refractivity contribution in [1.29, 1.82) is 0 Å². The Morgan fingerprint density at radius 1 is 1.04 bits per heavy atom. The summed E-state index contributed by atoms with van der Waals surface area (Å²) in [6.45, 7) is 2.58. The van der Waals surface area contributed by atoms with Crippen LogP contribution < -0.4 is 14.8 Å². The second kappa shape index (κ2) is 9.79. The average molecular weight is 377 g/mol. The molecule has 0 aliphatic heterocycles. The normalized spacial score (nSPS) is 11.8. The van der Waals surface area contributed by atoms with Crippen LogP contribution in [-0.2, 0) is 11.2 Å². The maximum absolute atomic E-state index is 12.6. The van der Waals surface area contributed by atoms with Gasteiger partial charge in [0.25, 0.3) is 5.91 Å². The molecule has 0 aliphatic rings. The van der Waals surface area contributed by atoms with Crippen molar-refractivity contribution in [2.75, 3.05) is 13.7 Å². The molecule has 0 saturated heterocycles. The van der Waals surface area contributed by atoms with E-state index in [2.05, 4.69) is 11.4 Å². The van der Waals surface area contributed by atoms with Gasteiger partial charge in [-0.1, -0.05) is 55.5 Å². The minimum absolute atomic E-state index is 0.0684. The zero-order valence-electron chi connectivity index (χ0n) is 16.5. The van der Waals surface area contributed by atoms with E-state index in [0.717, 1.165) is 35.1 Å². The lowest BCUT2D eigenvalue weighted by molar-refractivity contribution is -0.128. The zero-order chi connectivity index (χ0) is 19.8. The van der Waals surface area contributed by atoms with E-state index >= 15 is 0 Å². The molecular formula is C24H27NO3. The molecule has 0 heterocycles. The number of ether oxygens (including phenoxy) is 2. The number of carbonyl (C=O) groups is 1. The van der Waals surface area contributed by atoms with E-state index in [1.165, 1.54) is 5.56 Å². The van der Waals surface area contributed by atoms with Crippen molar-refractivity contribution in [2.24, 2.45) is 0 Å². The molecule has 0 aromatic heterocycles. The summed E-state index contributed by atoms with van der Waals surface area (Å²) in [6.07, 6.45) is 1.87. The quantitative estimate of drug-likeness (QED) is 0.547. The third-order valence-electron chi connectivity index (χ3n) is 4.76. The Labute approximate surface area is 166 Å². The molecule has 0 radical (unpaired) electrons. The zero-order valence-corrected chi connectivity index (χ0v) is 16.5. The van der Waals surface area contributed by atoms with Gasteiger partial charge in [0, 0.05) is 11.9 Å². The average Bonchev–Trinajstić information content (AvgIpc) is 2.75. The molecule has 3 aromatic rings. The first-order chi connectivity index (χ1) is 13.7. The lowest BCUT2D eigenvalue weighted by atomic mass is 10.1. The topological polar surface area (TPSA) is 47.6 Å². The molecule has 0 aliphatic carbocycles. The predicted molar refractivity (Wildman–Crippen MR) is 113 cm³/mol. The molecule has 0 spiro atoms. The first-order valence-electron chi connectivity index (χ1n) is 9.76. The Balaban J connectivity index is 1.53. The van der Waals surface area contributed by atoms with Gasteiger partial charge >= 0.3 is 0 Å². The van der Waals surface area contributed by atoms with Crippen LogP contribution in [0.3, 0.4) is 0 Å². The summed E-state index contributed by atoms with van der Waals surface area (Å²) in [5, 5.41) is 5.13. The number of rotatable bonds is 9. The minimum Gasteiger partial charge on any atom is -0.497 e. The number of methoxy groups -OCH3 is 1. The lowest BCUT2D eigenvalue weighted by Crippen LogP contribution is -2.38. The number of nitrogens with one attached hydrogen (secondary N) is 1. The number of hydrogen-bond donors (Lipinski definition) is 1. The van der Waals surface area contributed by atoms with Crippen molar-refractivity contribution in [3.8, 4) is 11.5 Å². The number of aryl methyl sites for hydroxylation is 1. The van der Waals surface area contributed by atoms with Crippen LogP contribution in [0, 0.1) is 0 Å². The van der Waals surface area contributed by atoms with Gasteiger partial charge in [0.1, 0.15) is 11.5 Å². The van der Waals surface area contributed by atoms with Gasteiger partial charge in [-0.15, -0.1) is 0 Å². The maximum atomic E-state index is 12.6. The predicted octanol–water partition coefficient (Wildman–Crippen LogP) is 4.75. The van der Waals surface area contributed by atoms with Gasteiger partial charge in [-0.05, 0) is 48.4 Å². The molecule has 1 amide bonds. The third-order valence-corrected chi connectivity index (χ3v) is 4.76. The fourth-order valence-corrected chi connectivity index (χ4v) is 3.22. The molecule has 1 atom stereocenters. The van der Waals surface area contributed by atoms with Gasteiger partial charge < -0.3 is 14.8 Å². The molecule has 4 nitrogen and oxygen atoms in total. The van der Waals surface area contributed by atoms with Crippen molar-refractivity contribution >= 4 is 16.7 Å². The summed E-state index contributed by atoms with van der Waals surface area (Å²) in [4.78, 5) is 12.6. The lowest BCUT2D eigenvalue weighted by Gasteiger charge is -2.18. The van der Waals surface area contributed by atoms with Gasteiger partial charge in [0.15, 0.2) is 6.10 Å². The Morgan fingerprint density at radius 2 is 1.82 bits per heavy atom. The first-order valence-corrected chi connectivity index (χ1v) is 9.76. The SMILES string of the molecule is CCC(Oc1cccc2ccccc12)C(=O)NCCCc1cccc(OC)c1. The summed E-state index contributed by atoms with van der Waals surface area (Å²) < 4.78 is 11.3. The molecule has 1 unspecified atom stereocenters. The van der Waals surface area contributed by atoms with Gasteiger partial charge in [-0.3, -0.25) is 4.79 Å². The second-order valence-electron chi connectivity index (χ2n) is 6.74. The minimum atomic E-state index is -0.498. The Bertz CT molecular complexity index is 917. The molecule has 4 heteroatoms. The highest BCUT2D eigenvalue weighted by Gasteiger charge is 2.18. The molecule has 146 valence electrons. The van der Waals surface area contributed by atoms with Gasteiger partial charge in [-0.2, -0.15) is 0 Å². The van der Waals surface area contributed by atoms with Crippen LogP contribution in [-0.4, -0.2) is 25.7 Å². The smallest absolute Gasteiger partial charge is 0.261 e. The van der Waals surface area contributed by atoms with Gasteiger partial charge in [-0.25, -0.2) is 0 Å². The summed E-state index contributed by atoms with van der Waals surface area (Å²) in [7, 11) is 1.67. The largest absolute Gasteiger partial charge is 0.497 e. The monoisotopic (exact) mass is 377 g/mol. The van der Waals surface area contributed by atoms with Gasteiger partial charge in [0.05, 0.1) is 7.11 Å². The van der Waals surface area contributed by atoms with Crippen LogP contribution in [0.2, 0.25) is 0 Å². The Morgan fingerprint density at radius 3 is 2.64 bits per heavy atom. The van der Waals surface area contributed by atoms with Crippen LogP contribution in [0.5, 0.6) is 11.5 Å². The number of benzene rings is 3. The highest BCUT2D eigenvalue weighted by Crippen LogP contribution is 2.26.